The summed E-state index contributed by atoms with van der Waals surface area (Å²) >= 11 is 0. The van der Waals surface area contributed by atoms with E-state index in [0.29, 0.717) is 17.9 Å². The van der Waals surface area contributed by atoms with Crippen molar-refractivity contribution in [3.8, 4) is 5.75 Å². The molecule has 0 heterocycles. The van der Waals surface area contributed by atoms with Crippen LogP contribution in [0.15, 0.2) is 24.3 Å². The van der Waals surface area contributed by atoms with E-state index in [1.807, 2.05) is 12.1 Å². The van der Waals surface area contributed by atoms with E-state index in [0.717, 1.165) is 31.4 Å². The lowest BCUT2D eigenvalue weighted by Gasteiger charge is -2.36. The molecular formula is C16H24N2O. The van der Waals surface area contributed by atoms with Gasteiger partial charge in [-0.1, -0.05) is 12.1 Å². The highest BCUT2D eigenvalue weighted by Crippen LogP contribution is 2.56. The normalized spacial score (nSPS) is 37.9. The van der Waals surface area contributed by atoms with Gasteiger partial charge in [-0.15, -0.1) is 0 Å². The van der Waals surface area contributed by atoms with Gasteiger partial charge < -0.3 is 16.2 Å². The minimum absolute atomic E-state index is 0.0282. The summed E-state index contributed by atoms with van der Waals surface area (Å²) in [6.07, 6.45) is 5.58. The fraction of sp³-hybridized carbons (Fsp3) is 0.625. The molecule has 2 saturated carbocycles. The average Bonchev–Trinajstić information content (AvgIpc) is 3.24. The quantitative estimate of drug-likeness (QED) is 0.877. The molecule has 3 rings (SSSR count). The van der Waals surface area contributed by atoms with Crippen LogP contribution in [0.2, 0.25) is 0 Å². The molecule has 1 aromatic rings. The van der Waals surface area contributed by atoms with Crippen molar-refractivity contribution in [2.45, 2.75) is 49.6 Å². The third kappa shape index (κ3) is 2.49. The number of nitrogens with two attached hydrogens (primary N) is 2. The Labute approximate surface area is 115 Å². The summed E-state index contributed by atoms with van der Waals surface area (Å²) in [6.45, 7) is 0. The molecule has 2 fully saturated rings. The molecule has 0 amide bonds. The molecule has 104 valence electrons. The second kappa shape index (κ2) is 4.80. The maximum atomic E-state index is 6.63. The molecule has 4 N–H and O–H groups in total. The van der Waals surface area contributed by atoms with Crippen LogP contribution in [-0.2, 0) is 0 Å². The van der Waals surface area contributed by atoms with Gasteiger partial charge in [-0.05, 0) is 61.6 Å². The molecule has 0 bridgehead atoms. The number of hydrogen-bond donors (Lipinski definition) is 2. The maximum absolute atomic E-state index is 6.63. The van der Waals surface area contributed by atoms with Crippen LogP contribution >= 0.6 is 0 Å². The van der Waals surface area contributed by atoms with Gasteiger partial charge in [-0.25, -0.2) is 0 Å². The Kier molecular flexibility index (Phi) is 3.27. The summed E-state index contributed by atoms with van der Waals surface area (Å²) in [5.41, 5.74) is 14.1. The lowest BCUT2D eigenvalue weighted by molar-refractivity contribution is 0.239. The van der Waals surface area contributed by atoms with Crippen molar-refractivity contribution in [2.75, 3.05) is 7.11 Å². The summed E-state index contributed by atoms with van der Waals surface area (Å²) in [7, 11) is 1.70. The summed E-state index contributed by atoms with van der Waals surface area (Å²) in [6, 6.07) is 8.83. The summed E-state index contributed by atoms with van der Waals surface area (Å²) in [5.74, 6) is 2.21. The molecule has 0 saturated heterocycles. The van der Waals surface area contributed by atoms with Crippen molar-refractivity contribution >= 4 is 0 Å². The zero-order valence-corrected chi connectivity index (χ0v) is 11.6. The van der Waals surface area contributed by atoms with Crippen molar-refractivity contribution in [3.05, 3.63) is 29.8 Å². The standard InChI is InChI=1S/C16H24N2O/c1-19-13-4-2-11(3-5-13)14-10-15(14)16(18)8-6-12(17)7-9-16/h2-5,12,14-15H,6-10,17-18H2,1H3/t12?,14-,15+,16?/m0/s1. The first kappa shape index (κ1) is 12.9. The molecule has 3 heteroatoms. The van der Waals surface area contributed by atoms with Gasteiger partial charge in [-0.3, -0.25) is 0 Å². The number of benzene rings is 1. The van der Waals surface area contributed by atoms with Gasteiger partial charge >= 0.3 is 0 Å². The van der Waals surface area contributed by atoms with E-state index < -0.39 is 0 Å². The summed E-state index contributed by atoms with van der Waals surface area (Å²) in [5, 5.41) is 0. The molecule has 2 atom stereocenters. The van der Waals surface area contributed by atoms with Gasteiger partial charge in [0.25, 0.3) is 0 Å². The molecule has 0 spiro atoms. The van der Waals surface area contributed by atoms with Gasteiger partial charge in [0.2, 0.25) is 0 Å². The fourth-order valence-electron chi connectivity index (χ4n) is 3.60. The van der Waals surface area contributed by atoms with Crippen LogP contribution in [0.25, 0.3) is 0 Å². The maximum Gasteiger partial charge on any atom is 0.118 e. The van der Waals surface area contributed by atoms with Crippen LogP contribution in [-0.4, -0.2) is 18.7 Å². The molecule has 2 aliphatic carbocycles. The van der Waals surface area contributed by atoms with E-state index in [4.69, 9.17) is 16.2 Å². The van der Waals surface area contributed by atoms with Crippen LogP contribution in [0, 0.1) is 5.92 Å². The summed E-state index contributed by atoms with van der Waals surface area (Å²) in [4.78, 5) is 0. The minimum atomic E-state index is 0.0282. The van der Waals surface area contributed by atoms with Gasteiger partial charge in [0.15, 0.2) is 0 Å². The van der Waals surface area contributed by atoms with E-state index in [2.05, 4.69) is 12.1 Å². The Bertz CT molecular complexity index is 435. The highest BCUT2D eigenvalue weighted by Gasteiger charge is 2.51. The van der Waals surface area contributed by atoms with Crippen LogP contribution in [0.1, 0.15) is 43.6 Å². The molecule has 3 nitrogen and oxygen atoms in total. The Balaban J connectivity index is 1.66. The van der Waals surface area contributed by atoms with E-state index in [1.165, 1.54) is 12.0 Å². The second-order valence-electron chi connectivity index (χ2n) is 6.29. The van der Waals surface area contributed by atoms with Crippen molar-refractivity contribution < 1.29 is 4.74 Å². The van der Waals surface area contributed by atoms with Crippen LogP contribution in [0.4, 0.5) is 0 Å². The van der Waals surface area contributed by atoms with E-state index in [-0.39, 0.29) is 5.54 Å². The largest absolute Gasteiger partial charge is 0.497 e. The Morgan fingerprint density at radius 2 is 1.79 bits per heavy atom. The van der Waals surface area contributed by atoms with Gasteiger partial charge in [-0.2, -0.15) is 0 Å². The molecule has 1 aromatic carbocycles. The summed E-state index contributed by atoms with van der Waals surface area (Å²) < 4.78 is 5.21. The molecular weight excluding hydrogens is 236 g/mol. The molecule has 0 aromatic heterocycles. The monoisotopic (exact) mass is 260 g/mol. The Morgan fingerprint density at radius 1 is 1.16 bits per heavy atom. The molecule has 0 unspecified atom stereocenters. The van der Waals surface area contributed by atoms with E-state index >= 15 is 0 Å². The topological polar surface area (TPSA) is 61.3 Å². The highest BCUT2D eigenvalue weighted by atomic mass is 16.5. The number of hydrogen-bond acceptors (Lipinski definition) is 3. The predicted molar refractivity (Wildman–Crippen MR) is 77.2 cm³/mol. The van der Waals surface area contributed by atoms with E-state index in [9.17, 15) is 0 Å². The van der Waals surface area contributed by atoms with Crippen molar-refractivity contribution in [3.63, 3.8) is 0 Å². The molecule has 0 aliphatic heterocycles. The average molecular weight is 260 g/mol. The lowest BCUT2D eigenvalue weighted by atomic mass is 9.76. The molecule has 0 radical (unpaired) electrons. The van der Waals surface area contributed by atoms with Crippen LogP contribution in [0.5, 0.6) is 5.75 Å². The van der Waals surface area contributed by atoms with Gasteiger partial charge in [0.1, 0.15) is 5.75 Å². The SMILES string of the molecule is COc1ccc([C@@H]2C[C@H]2C2(N)CCC(N)CC2)cc1. The molecule has 19 heavy (non-hydrogen) atoms. The zero-order valence-electron chi connectivity index (χ0n) is 11.6. The first-order chi connectivity index (χ1) is 9.12. The van der Waals surface area contributed by atoms with Gasteiger partial charge in [0, 0.05) is 11.6 Å². The first-order valence-electron chi connectivity index (χ1n) is 7.31. The number of methoxy groups -OCH3 is 1. The number of rotatable bonds is 3. The zero-order chi connectivity index (χ0) is 13.5. The second-order valence-corrected chi connectivity index (χ2v) is 6.29. The van der Waals surface area contributed by atoms with Crippen molar-refractivity contribution in [1.82, 2.24) is 0 Å². The van der Waals surface area contributed by atoms with Crippen LogP contribution < -0.4 is 16.2 Å². The smallest absolute Gasteiger partial charge is 0.118 e. The highest BCUT2D eigenvalue weighted by molar-refractivity contribution is 5.34. The minimum Gasteiger partial charge on any atom is -0.497 e. The Morgan fingerprint density at radius 3 is 2.37 bits per heavy atom. The lowest BCUT2D eigenvalue weighted by Crippen LogP contribution is -2.48. The first-order valence-corrected chi connectivity index (χ1v) is 7.31. The van der Waals surface area contributed by atoms with Crippen molar-refractivity contribution in [2.24, 2.45) is 17.4 Å². The van der Waals surface area contributed by atoms with E-state index in [1.54, 1.807) is 7.11 Å². The fourth-order valence-corrected chi connectivity index (χ4v) is 3.60. The third-order valence-electron chi connectivity index (χ3n) is 5.03. The van der Waals surface area contributed by atoms with Gasteiger partial charge in [0.05, 0.1) is 7.11 Å². The third-order valence-corrected chi connectivity index (χ3v) is 5.03. The predicted octanol–water partition coefficient (Wildman–Crippen LogP) is 2.40. The Hall–Kier alpha value is -1.06. The molecule has 2 aliphatic rings. The van der Waals surface area contributed by atoms with Crippen molar-refractivity contribution in [1.29, 1.82) is 0 Å². The van der Waals surface area contributed by atoms with Crippen LogP contribution in [0.3, 0.4) is 0 Å². The number of ether oxygens (including phenoxy) is 1.